The number of rotatable bonds is 3. The molecule has 0 bridgehead atoms. The molecule has 2 heterocycles. The zero-order valence-corrected chi connectivity index (χ0v) is 9.95. The van der Waals surface area contributed by atoms with E-state index >= 15 is 0 Å². The largest absolute Gasteiger partial charge is 0.493 e. The summed E-state index contributed by atoms with van der Waals surface area (Å²) in [6.45, 7) is 0. The molecule has 0 unspecified atom stereocenters. The average Bonchev–Trinajstić information content (AvgIpc) is 2.79. The second kappa shape index (κ2) is 4.74. The summed E-state index contributed by atoms with van der Waals surface area (Å²) >= 11 is 0. The van der Waals surface area contributed by atoms with Gasteiger partial charge in [-0.1, -0.05) is 0 Å². The van der Waals surface area contributed by atoms with E-state index in [4.69, 9.17) is 10.5 Å². The lowest BCUT2D eigenvalue weighted by molar-refractivity contribution is 0.0594. The molecule has 2 rings (SSSR count). The molecule has 0 spiro atoms. The first-order valence-electron chi connectivity index (χ1n) is 5.10. The molecule has 0 aromatic carbocycles. The van der Waals surface area contributed by atoms with Crippen LogP contribution < -0.4 is 10.5 Å². The van der Waals surface area contributed by atoms with Crippen LogP contribution in [-0.2, 0) is 4.74 Å². The van der Waals surface area contributed by atoms with Crippen molar-refractivity contribution in [2.45, 2.75) is 0 Å². The van der Waals surface area contributed by atoms with Crippen molar-refractivity contribution in [3.05, 3.63) is 30.2 Å². The van der Waals surface area contributed by atoms with Gasteiger partial charge in [0.25, 0.3) is 0 Å². The van der Waals surface area contributed by atoms with Crippen molar-refractivity contribution in [2.24, 2.45) is 0 Å². The van der Waals surface area contributed by atoms with Crippen LogP contribution in [0.15, 0.2) is 24.5 Å². The van der Waals surface area contributed by atoms with Crippen LogP contribution in [-0.4, -0.2) is 35.0 Å². The number of pyridine rings is 1. The van der Waals surface area contributed by atoms with Crippen molar-refractivity contribution in [3.8, 4) is 11.6 Å². The molecule has 0 amide bonds. The van der Waals surface area contributed by atoms with Crippen LogP contribution in [0, 0.1) is 0 Å². The molecule has 0 atom stereocenters. The molecule has 0 aliphatic rings. The number of nitrogens with zero attached hydrogens (tertiary/aromatic N) is 3. The first-order valence-corrected chi connectivity index (χ1v) is 5.10. The van der Waals surface area contributed by atoms with Crippen molar-refractivity contribution in [1.82, 2.24) is 14.8 Å². The number of hydrogen-bond acceptors (Lipinski definition) is 6. The van der Waals surface area contributed by atoms with Crippen LogP contribution in [0.2, 0.25) is 0 Å². The molecule has 18 heavy (non-hydrogen) atoms. The van der Waals surface area contributed by atoms with Gasteiger partial charge < -0.3 is 15.2 Å². The number of hydrogen-bond donors (Lipinski definition) is 1. The van der Waals surface area contributed by atoms with E-state index in [0.717, 1.165) is 0 Å². The molecule has 7 heteroatoms. The molecule has 7 nitrogen and oxygen atoms in total. The molecule has 0 saturated carbocycles. The maximum atomic E-state index is 11.4. The van der Waals surface area contributed by atoms with Gasteiger partial charge in [-0.3, -0.25) is 0 Å². The molecule has 0 radical (unpaired) electrons. The Hall–Kier alpha value is -2.57. The van der Waals surface area contributed by atoms with E-state index < -0.39 is 5.97 Å². The van der Waals surface area contributed by atoms with E-state index in [1.54, 1.807) is 18.3 Å². The topological polar surface area (TPSA) is 92.3 Å². The van der Waals surface area contributed by atoms with Gasteiger partial charge in [-0.25, -0.2) is 14.5 Å². The van der Waals surface area contributed by atoms with Gasteiger partial charge in [0.1, 0.15) is 0 Å². The highest BCUT2D eigenvalue weighted by Crippen LogP contribution is 2.21. The third-order valence-electron chi connectivity index (χ3n) is 2.31. The summed E-state index contributed by atoms with van der Waals surface area (Å²) in [7, 11) is 2.79. The molecule has 2 aromatic rings. The van der Waals surface area contributed by atoms with Crippen LogP contribution in [0.4, 0.5) is 5.69 Å². The third-order valence-corrected chi connectivity index (χ3v) is 2.31. The Kier molecular flexibility index (Phi) is 3.13. The highest BCUT2D eigenvalue weighted by atomic mass is 16.5. The molecule has 0 saturated heterocycles. The number of esters is 1. The van der Waals surface area contributed by atoms with Gasteiger partial charge in [0.05, 0.1) is 26.1 Å². The second-order valence-corrected chi connectivity index (χ2v) is 3.40. The Labute approximate surface area is 103 Å². The van der Waals surface area contributed by atoms with Crippen molar-refractivity contribution in [2.75, 3.05) is 20.0 Å². The van der Waals surface area contributed by atoms with E-state index in [1.807, 2.05) is 0 Å². The molecule has 2 aromatic heterocycles. The number of methoxy groups -OCH3 is 2. The molecular formula is C11H12N4O3. The predicted molar refractivity (Wildman–Crippen MR) is 63.7 cm³/mol. The third kappa shape index (κ3) is 1.97. The lowest BCUT2D eigenvalue weighted by atomic mass is 10.4. The summed E-state index contributed by atoms with van der Waals surface area (Å²) in [6, 6.07) is 3.47. The summed E-state index contributed by atoms with van der Waals surface area (Å²) < 4.78 is 11.1. The normalized spacial score (nSPS) is 10.1. The van der Waals surface area contributed by atoms with Crippen molar-refractivity contribution < 1.29 is 14.3 Å². The Morgan fingerprint density at radius 2 is 2.22 bits per heavy atom. The summed E-state index contributed by atoms with van der Waals surface area (Å²) in [4.78, 5) is 15.5. The van der Waals surface area contributed by atoms with Gasteiger partial charge in [-0.05, 0) is 12.1 Å². The summed E-state index contributed by atoms with van der Waals surface area (Å²) in [6.07, 6.45) is 3.07. The van der Waals surface area contributed by atoms with Crippen LogP contribution in [0.5, 0.6) is 5.75 Å². The van der Waals surface area contributed by atoms with E-state index in [-0.39, 0.29) is 11.4 Å². The van der Waals surface area contributed by atoms with Gasteiger partial charge in [0, 0.05) is 6.20 Å². The van der Waals surface area contributed by atoms with E-state index in [1.165, 1.54) is 25.1 Å². The highest BCUT2D eigenvalue weighted by molar-refractivity contribution is 5.92. The van der Waals surface area contributed by atoms with Crippen molar-refractivity contribution in [1.29, 1.82) is 0 Å². The smallest absolute Gasteiger partial charge is 0.360 e. The predicted octanol–water partition coefficient (Wildman–Crippen LogP) is 0.645. The first-order chi connectivity index (χ1) is 8.67. The fourth-order valence-electron chi connectivity index (χ4n) is 1.46. The zero-order chi connectivity index (χ0) is 13.1. The summed E-state index contributed by atoms with van der Waals surface area (Å²) in [5, 5.41) is 4.03. The SMILES string of the molecule is COC(=O)c1nn(-c2ncccc2OC)cc1N. The minimum atomic E-state index is -0.596. The van der Waals surface area contributed by atoms with Crippen LogP contribution in [0.1, 0.15) is 10.5 Å². The number of carbonyl (C=O) groups excluding carboxylic acids is 1. The summed E-state index contributed by atoms with van der Waals surface area (Å²) in [5.41, 5.74) is 5.96. The van der Waals surface area contributed by atoms with E-state index in [2.05, 4.69) is 14.8 Å². The standard InChI is InChI=1S/C11H12N4O3/c1-17-8-4-3-5-13-10(8)15-6-7(12)9(14-15)11(16)18-2/h3-6H,12H2,1-2H3. The average molecular weight is 248 g/mol. The highest BCUT2D eigenvalue weighted by Gasteiger charge is 2.17. The van der Waals surface area contributed by atoms with Gasteiger partial charge >= 0.3 is 5.97 Å². The fraction of sp³-hybridized carbons (Fsp3) is 0.182. The second-order valence-electron chi connectivity index (χ2n) is 3.40. The van der Waals surface area contributed by atoms with Crippen molar-refractivity contribution in [3.63, 3.8) is 0 Å². The van der Waals surface area contributed by atoms with Gasteiger partial charge in [-0.2, -0.15) is 5.10 Å². The number of carbonyl (C=O) groups is 1. The molecule has 0 aliphatic carbocycles. The molecule has 0 aliphatic heterocycles. The van der Waals surface area contributed by atoms with Crippen LogP contribution >= 0.6 is 0 Å². The first kappa shape index (κ1) is 11.9. The molecular weight excluding hydrogens is 236 g/mol. The maximum Gasteiger partial charge on any atom is 0.360 e. The maximum absolute atomic E-state index is 11.4. The zero-order valence-electron chi connectivity index (χ0n) is 9.95. The van der Waals surface area contributed by atoms with E-state index in [9.17, 15) is 4.79 Å². The quantitative estimate of drug-likeness (QED) is 0.801. The summed E-state index contributed by atoms with van der Waals surface area (Å²) in [5.74, 6) is 0.374. The molecule has 2 N–H and O–H groups in total. The molecule has 0 fully saturated rings. The number of aromatic nitrogens is 3. The van der Waals surface area contributed by atoms with Crippen LogP contribution in [0.3, 0.4) is 0 Å². The lowest BCUT2D eigenvalue weighted by Crippen LogP contribution is -2.07. The Balaban J connectivity index is 2.49. The molecule has 94 valence electrons. The van der Waals surface area contributed by atoms with Gasteiger partial charge in [0.2, 0.25) is 0 Å². The minimum absolute atomic E-state index is 0.0465. The number of ether oxygens (including phenoxy) is 2. The van der Waals surface area contributed by atoms with Crippen molar-refractivity contribution >= 4 is 11.7 Å². The van der Waals surface area contributed by atoms with Gasteiger partial charge in [0.15, 0.2) is 17.3 Å². The minimum Gasteiger partial charge on any atom is -0.493 e. The number of nitrogens with two attached hydrogens (primary N) is 1. The lowest BCUT2D eigenvalue weighted by Gasteiger charge is -2.05. The number of nitrogen functional groups attached to an aromatic ring is 1. The Morgan fingerprint density at radius 1 is 1.44 bits per heavy atom. The fourth-order valence-corrected chi connectivity index (χ4v) is 1.46. The van der Waals surface area contributed by atoms with Gasteiger partial charge in [-0.15, -0.1) is 0 Å². The Bertz CT molecular complexity index is 579. The Morgan fingerprint density at radius 3 is 2.89 bits per heavy atom. The monoisotopic (exact) mass is 248 g/mol. The number of anilines is 1. The van der Waals surface area contributed by atoms with Crippen LogP contribution in [0.25, 0.3) is 5.82 Å². The van der Waals surface area contributed by atoms with E-state index in [0.29, 0.717) is 11.6 Å².